The summed E-state index contributed by atoms with van der Waals surface area (Å²) in [6.45, 7) is 1.09. The van der Waals surface area contributed by atoms with Crippen molar-refractivity contribution in [1.82, 2.24) is 9.78 Å². The van der Waals surface area contributed by atoms with Gasteiger partial charge in [0.2, 0.25) is 0 Å². The van der Waals surface area contributed by atoms with Gasteiger partial charge in [-0.3, -0.25) is 4.79 Å². The Kier molecular flexibility index (Phi) is 6.17. The molecule has 1 aliphatic carbocycles. The highest BCUT2D eigenvalue weighted by Gasteiger charge is 2.28. The zero-order valence-corrected chi connectivity index (χ0v) is 17.5. The van der Waals surface area contributed by atoms with Crippen LogP contribution in [0.3, 0.4) is 0 Å². The van der Waals surface area contributed by atoms with E-state index in [1.807, 2.05) is 42.5 Å². The molecule has 1 aliphatic rings. The van der Waals surface area contributed by atoms with Gasteiger partial charge >= 0.3 is 5.97 Å². The molecular weight excluding hydrogens is 408 g/mol. The van der Waals surface area contributed by atoms with Gasteiger partial charge in [0.15, 0.2) is 12.7 Å². The number of rotatable bonds is 8. The third-order valence-electron chi connectivity index (χ3n) is 4.97. The second-order valence-electron chi connectivity index (χ2n) is 7.53. The first-order chi connectivity index (χ1) is 15.5. The van der Waals surface area contributed by atoms with Crippen LogP contribution in [-0.2, 0) is 14.3 Å². The molecule has 4 rings (SSSR count). The van der Waals surface area contributed by atoms with E-state index in [9.17, 15) is 9.59 Å². The number of ether oxygens (including phenoxy) is 2. The highest BCUT2D eigenvalue weighted by atomic mass is 16.6. The molecule has 0 spiro atoms. The average molecular weight is 430 g/mol. The van der Waals surface area contributed by atoms with Crippen LogP contribution in [0.4, 0.5) is 5.82 Å². The number of anilines is 1. The molecule has 2 aromatic carbocycles. The maximum Gasteiger partial charge on any atom is 0.347 e. The van der Waals surface area contributed by atoms with Gasteiger partial charge in [-0.1, -0.05) is 18.2 Å². The van der Waals surface area contributed by atoms with Crippen LogP contribution in [0.25, 0.3) is 5.69 Å². The second kappa shape index (κ2) is 9.35. The molecule has 1 N–H and O–H groups in total. The summed E-state index contributed by atoms with van der Waals surface area (Å²) in [6, 6.07) is 19.8. The van der Waals surface area contributed by atoms with E-state index in [0.29, 0.717) is 23.0 Å². The van der Waals surface area contributed by atoms with Crippen LogP contribution in [0, 0.1) is 11.3 Å². The molecule has 0 radical (unpaired) electrons. The number of aromatic nitrogens is 2. The molecule has 0 saturated heterocycles. The quantitative estimate of drug-likeness (QED) is 0.548. The van der Waals surface area contributed by atoms with Crippen molar-refractivity contribution < 1.29 is 19.1 Å². The number of amides is 1. The van der Waals surface area contributed by atoms with Crippen LogP contribution in [0.2, 0.25) is 0 Å². The zero-order valence-electron chi connectivity index (χ0n) is 17.5. The van der Waals surface area contributed by atoms with Gasteiger partial charge in [0.05, 0.1) is 23.0 Å². The molecule has 0 bridgehead atoms. The lowest BCUT2D eigenvalue weighted by Gasteiger charge is -2.14. The molecule has 1 atom stereocenters. The van der Waals surface area contributed by atoms with Gasteiger partial charge < -0.3 is 14.8 Å². The van der Waals surface area contributed by atoms with Gasteiger partial charge in [0.25, 0.3) is 5.91 Å². The zero-order chi connectivity index (χ0) is 22.5. The number of para-hydroxylation sites is 1. The molecule has 0 aliphatic heterocycles. The summed E-state index contributed by atoms with van der Waals surface area (Å²) < 4.78 is 12.3. The molecule has 8 heteroatoms. The van der Waals surface area contributed by atoms with E-state index in [1.165, 1.54) is 6.92 Å². The van der Waals surface area contributed by atoms with Crippen molar-refractivity contribution in [2.45, 2.75) is 31.8 Å². The fourth-order valence-electron chi connectivity index (χ4n) is 3.13. The minimum atomic E-state index is -0.910. The molecule has 1 heterocycles. The van der Waals surface area contributed by atoms with Gasteiger partial charge in [0.1, 0.15) is 11.6 Å². The van der Waals surface area contributed by atoms with Gasteiger partial charge in [-0.25, -0.2) is 9.48 Å². The van der Waals surface area contributed by atoms with Crippen LogP contribution in [0.5, 0.6) is 5.75 Å². The van der Waals surface area contributed by atoms with Gasteiger partial charge in [-0.05, 0) is 56.2 Å². The molecule has 1 unspecified atom stereocenters. The third-order valence-corrected chi connectivity index (χ3v) is 4.97. The van der Waals surface area contributed by atoms with Crippen LogP contribution >= 0.6 is 0 Å². The van der Waals surface area contributed by atoms with Gasteiger partial charge in [-0.15, -0.1) is 0 Å². The Balaban J connectivity index is 1.34. The smallest absolute Gasteiger partial charge is 0.347 e. The van der Waals surface area contributed by atoms with Crippen LogP contribution in [0.1, 0.15) is 36.9 Å². The van der Waals surface area contributed by atoms with E-state index in [-0.39, 0.29) is 0 Å². The molecule has 8 nitrogen and oxygen atoms in total. The number of esters is 1. The second-order valence-corrected chi connectivity index (χ2v) is 7.53. The molecule has 3 aromatic rings. The fourth-order valence-corrected chi connectivity index (χ4v) is 3.13. The summed E-state index contributed by atoms with van der Waals surface area (Å²) in [5.41, 5.74) is 2.26. The first-order valence-corrected chi connectivity index (χ1v) is 10.3. The summed E-state index contributed by atoms with van der Waals surface area (Å²) in [4.78, 5) is 24.7. The maximum atomic E-state index is 12.4. The topological polar surface area (TPSA) is 106 Å². The van der Waals surface area contributed by atoms with E-state index in [1.54, 1.807) is 28.9 Å². The minimum Gasteiger partial charge on any atom is -0.479 e. The number of nitriles is 1. The number of nitrogens with one attached hydrogen (secondary N) is 1. The monoisotopic (exact) mass is 430 g/mol. The van der Waals surface area contributed by atoms with Crippen molar-refractivity contribution in [2.75, 3.05) is 11.9 Å². The van der Waals surface area contributed by atoms with Crippen LogP contribution < -0.4 is 10.1 Å². The number of carbonyl (C=O) groups is 2. The van der Waals surface area contributed by atoms with Crippen molar-refractivity contribution in [1.29, 1.82) is 5.26 Å². The van der Waals surface area contributed by atoms with E-state index < -0.39 is 24.6 Å². The van der Waals surface area contributed by atoms with Crippen molar-refractivity contribution in [3.8, 4) is 17.5 Å². The summed E-state index contributed by atoms with van der Waals surface area (Å²) in [5.74, 6) is 0.245. The molecule has 1 amide bonds. The normalized spacial score (nSPS) is 13.6. The number of carbonyl (C=O) groups excluding carboxylic acids is 2. The summed E-state index contributed by atoms with van der Waals surface area (Å²) in [7, 11) is 0. The van der Waals surface area contributed by atoms with Crippen LogP contribution in [-0.4, -0.2) is 34.4 Å². The molecule has 32 heavy (non-hydrogen) atoms. The van der Waals surface area contributed by atoms with Crippen LogP contribution in [0.15, 0.2) is 60.7 Å². The molecular formula is C24H22N4O4. The number of hydrogen-bond donors (Lipinski definition) is 1. The Bertz CT molecular complexity index is 1140. The number of nitrogens with zero attached hydrogens (tertiary/aromatic N) is 3. The van der Waals surface area contributed by atoms with Gasteiger partial charge in [-0.2, -0.15) is 10.4 Å². The SMILES string of the molecule is CC(Oc1ccc(C#N)cc1)C(=O)OCC(=O)Nc1cc(C2CC2)nn1-c1ccccc1. The first kappa shape index (κ1) is 21.1. The third kappa shape index (κ3) is 5.13. The lowest BCUT2D eigenvalue weighted by molar-refractivity contribution is -0.153. The van der Waals surface area contributed by atoms with Crippen molar-refractivity contribution >= 4 is 17.7 Å². The summed E-state index contributed by atoms with van der Waals surface area (Å²) in [6.07, 6.45) is 1.27. The van der Waals surface area contributed by atoms with Crippen molar-refractivity contribution in [3.05, 3.63) is 71.9 Å². The van der Waals surface area contributed by atoms with Gasteiger partial charge in [0, 0.05) is 12.0 Å². The predicted molar refractivity (Wildman–Crippen MR) is 116 cm³/mol. The summed E-state index contributed by atoms with van der Waals surface area (Å²) >= 11 is 0. The maximum absolute atomic E-state index is 12.4. The lowest BCUT2D eigenvalue weighted by Crippen LogP contribution is -2.30. The number of hydrogen-bond acceptors (Lipinski definition) is 6. The Morgan fingerprint density at radius 1 is 1.19 bits per heavy atom. The highest BCUT2D eigenvalue weighted by Crippen LogP contribution is 2.40. The predicted octanol–water partition coefficient (Wildman–Crippen LogP) is 3.57. The Labute approximate surface area is 185 Å². The van der Waals surface area contributed by atoms with E-state index in [0.717, 1.165) is 24.2 Å². The fraction of sp³-hybridized carbons (Fsp3) is 0.250. The van der Waals surface area contributed by atoms with E-state index >= 15 is 0 Å². The summed E-state index contributed by atoms with van der Waals surface area (Å²) in [5, 5.41) is 16.2. The van der Waals surface area contributed by atoms with Crippen molar-refractivity contribution in [3.63, 3.8) is 0 Å². The standard InChI is InChI=1S/C24H22N4O4/c1-16(32-20-11-7-17(14-25)8-12-20)24(30)31-15-23(29)26-22-13-21(18-9-10-18)27-28(22)19-5-3-2-4-6-19/h2-8,11-13,16,18H,9-10,15H2,1H3,(H,26,29). The Morgan fingerprint density at radius 3 is 2.56 bits per heavy atom. The molecule has 1 fully saturated rings. The first-order valence-electron chi connectivity index (χ1n) is 10.3. The Morgan fingerprint density at radius 2 is 1.91 bits per heavy atom. The number of benzene rings is 2. The Hall–Kier alpha value is -4.12. The largest absolute Gasteiger partial charge is 0.479 e. The average Bonchev–Trinajstić information content (AvgIpc) is 3.59. The van der Waals surface area contributed by atoms with E-state index in [4.69, 9.17) is 14.7 Å². The van der Waals surface area contributed by atoms with Crippen molar-refractivity contribution in [2.24, 2.45) is 0 Å². The minimum absolute atomic E-state index is 0.425. The molecule has 162 valence electrons. The van der Waals surface area contributed by atoms with E-state index in [2.05, 4.69) is 10.4 Å². The lowest BCUT2D eigenvalue weighted by atomic mass is 10.2. The molecule has 1 saturated carbocycles. The highest BCUT2D eigenvalue weighted by molar-refractivity contribution is 5.92. The molecule has 1 aromatic heterocycles.